The Morgan fingerprint density at radius 3 is 2.46 bits per heavy atom. The molecule has 3 N–H and O–H groups in total. The standard InChI is InChI=1S/C15H20F3N5OS2/c1-4-23(5-2)12-8-11(22-26-15(16,17)18)10(9-13(12)24-3)20-21-14-19-6-7-25-14/h6-9,20,22H,4-5H2,1-3H3,(H,19,21). The lowest BCUT2D eigenvalue weighted by Gasteiger charge is -2.26. The highest BCUT2D eigenvalue weighted by Crippen LogP contribution is 2.40. The van der Waals surface area contributed by atoms with E-state index in [1.165, 1.54) is 18.4 Å². The summed E-state index contributed by atoms with van der Waals surface area (Å²) in [5.41, 5.74) is 2.74. The minimum absolute atomic E-state index is 0.277. The van der Waals surface area contributed by atoms with Crippen molar-refractivity contribution in [3.63, 3.8) is 0 Å². The molecule has 0 aliphatic heterocycles. The summed E-state index contributed by atoms with van der Waals surface area (Å²) in [4.78, 5) is 6.06. The summed E-state index contributed by atoms with van der Waals surface area (Å²) >= 11 is 1.04. The molecule has 0 radical (unpaired) electrons. The molecule has 1 heterocycles. The fourth-order valence-electron chi connectivity index (χ4n) is 2.25. The molecule has 0 bridgehead atoms. The number of anilines is 4. The van der Waals surface area contributed by atoms with Gasteiger partial charge in [-0.2, -0.15) is 13.2 Å². The topological polar surface area (TPSA) is 61.5 Å². The minimum atomic E-state index is -4.41. The molecule has 144 valence electrons. The molecule has 0 aliphatic rings. The number of benzene rings is 1. The predicted molar refractivity (Wildman–Crippen MR) is 103 cm³/mol. The SMILES string of the molecule is CCN(CC)c1cc(NSC(F)(F)F)c(NNc2nccs2)cc1OC. The van der Waals surface area contributed by atoms with Crippen LogP contribution in [0.15, 0.2) is 23.7 Å². The van der Waals surface area contributed by atoms with Gasteiger partial charge < -0.3 is 14.4 Å². The van der Waals surface area contributed by atoms with Gasteiger partial charge in [-0.05, 0) is 19.9 Å². The fourth-order valence-corrected chi connectivity index (χ4v) is 3.13. The van der Waals surface area contributed by atoms with E-state index in [-0.39, 0.29) is 17.6 Å². The lowest BCUT2D eigenvalue weighted by atomic mass is 10.2. The number of thiazole rings is 1. The molecule has 2 rings (SSSR count). The van der Waals surface area contributed by atoms with E-state index in [0.717, 1.165) is 0 Å². The molecule has 2 aromatic rings. The van der Waals surface area contributed by atoms with Crippen molar-refractivity contribution in [3.05, 3.63) is 23.7 Å². The van der Waals surface area contributed by atoms with Gasteiger partial charge >= 0.3 is 5.51 Å². The van der Waals surface area contributed by atoms with Gasteiger partial charge in [0.1, 0.15) is 5.75 Å². The van der Waals surface area contributed by atoms with Gasteiger partial charge in [-0.15, -0.1) is 11.3 Å². The van der Waals surface area contributed by atoms with Gasteiger partial charge in [0.25, 0.3) is 0 Å². The molecule has 0 atom stereocenters. The Labute approximate surface area is 158 Å². The van der Waals surface area contributed by atoms with Crippen LogP contribution in [-0.2, 0) is 0 Å². The summed E-state index contributed by atoms with van der Waals surface area (Å²) in [5, 5.41) is 2.37. The number of hydrogen-bond donors (Lipinski definition) is 3. The number of hydrazine groups is 1. The first-order valence-electron chi connectivity index (χ1n) is 7.77. The van der Waals surface area contributed by atoms with Crippen molar-refractivity contribution in [1.29, 1.82) is 0 Å². The molecule has 0 saturated carbocycles. The normalized spacial score (nSPS) is 11.2. The van der Waals surface area contributed by atoms with Crippen LogP contribution in [0.3, 0.4) is 0 Å². The highest BCUT2D eigenvalue weighted by molar-refractivity contribution is 8.01. The van der Waals surface area contributed by atoms with Gasteiger partial charge in [0.2, 0.25) is 5.13 Å². The average molecular weight is 407 g/mol. The van der Waals surface area contributed by atoms with Crippen molar-refractivity contribution in [1.82, 2.24) is 4.98 Å². The zero-order valence-electron chi connectivity index (χ0n) is 14.5. The molecule has 0 spiro atoms. The van der Waals surface area contributed by atoms with Crippen LogP contribution in [0.25, 0.3) is 0 Å². The monoisotopic (exact) mass is 407 g/mol. The second-order valence-corrected chi connectivity index (χ2v) is 6.74. The molecule has 0 unspecified atom stereocenters. The summed E-state index contributed by atoms with van der Waals surface area (Å²) < 4.78 is 45.7. The maximum Gasteiger partial charge on any atom is 0.461 e. The molecule has 26 heavy (non-hydrogen) atoms. The minimum Gasteiger partial charge on any atom is -0.495 e. The van der Waals surface area contributed by atoms with Crippen LogP contribution in [0.5, 0.6) is 5.75 Å². The van der Waals surface area contributed by atoms with Gasteiger partial charge in [0, 0.05) is 30.7 Å². The van der Waals surface area contributed by atoms with E-state index in [1.807, 2.05) is 18.7 Å². The van der Waals surface area contributed by atoms with E-state index in [0.29, 0.717) is 35.3 Å². The number of halogens is 3. The molecule has 6 nitrogen and oxygen atoms in total. The number of alkyl halides is 3. The van der Waals surface area contributed by atoms with Gasteiger partial charge in [0.15, 0.2) is 0 Å². The number of nitrogens with one attached hydrogen (secondary N) is 3. The third-order valence-corrected chi connectivity index (χ3v) is 4.68. The molecular weight excluding hydrogens is 387 g/mol. The Morgan fingerprint density at radius 1 is 1.19 bits per heavy atom. The largest absolute Gasteiger partial charge is 0.495 e. The molecular formula is C15H20F3N5OS2. The van der Waals surface area contributed by atoms with Crippen molar-refractivity contribution in [3.8, 4) is 5.75 Å². The summed E-state index contributed by atoms with van der Waals surface area (Å²) in [6.45, 7) is 5.33. The molecule has 0 aliphatic carbocycles. The highest BCUT2D eigenvalue weighted by atomic mass is 32.2. The number of aromatic nitrogens is 1. The first-order chi connectivity index (χ1) is 12.4. The zero-order chi connectivity index (χ0) is 19.2. The van der Waals surface area contributed by atoms with Gasteiger partial charge in [-0.25, -0.2) is 4.98 Å². The van der Waals surface area contributed by atoms with Gasteiger partial charge in [-0.1, -0.05) is 0 Å². The lowest BCUT2D eigenvalue weighted by molar-refractivity contribution is -0.0323. The second-order valence-electron chi connectivity index (χ2n) is 4.98. The number of ether oxygens (including phenoxy) is 1. The molecule has 1 aromatic heterocycles. The Hall–Kier alpha value is -2.01. The first kappa shape index (κ1) is 20.3. The molecule has 0 saturated heterocycles. The number of hydrogen-bond acceptors (Lipinski definition) is 8. The van der Waals surface area contributed by atoms with Crippen LogP contribution in [0.1, 0.15) is 13.8 Å². The summed E-state index contributed by atoms with van der Waals surface area (Å²) in [7, 11) is 1.53. The quantitative estimate of drug-likeness (QED) is 0.399. The maximum absolute atomic E-state index is 12.6. The predicted octanol–water partition coefficient (Wildman–Crippen LogP) is 5.02. The van der Waals surface area contributed by atoms with Crippen LogP contribution < -0.4 is 25.2 Å². The summed E-state index contributed by atoms with van der Waals surface area (Å²) in [6.07, 6.45) is 1.62. The van der Waals surface area contributed by atoms with Crippen LogP contribution in [0.4, 0.5) is 35.4 Å². The van der Waals surface area contributed by atoms with E-state index in [9.17, 15) is 13.2 Å². The molecule has 0 amide bonds. The van der Waals surface area contributed by atoms with Crippen molar-refractivity contribution < 1.29 is 17.9 Å². The van der Waals surface area contributed by atoms with Crippen molar-refractivity contribution in [2.24, 2.45) is 0 Å². The third kappa shape index (κ3) is 5.49. The van der Waals surface area contributed by atoms with Crippen molar-refractivity contribution in [2.75, 3.05) is 40.7 Å². The van der Waals surface area contributed by atoms with Crippen molar-refractivity contribution >= 4 is 45.5 Å². The van der Waals surface area contributed by atoms with E-state index >= 15 is 0 Å². The Bertz CT molecular complexity index is 693. The number of nitrogens with zero attached hydrogens (tertiary/aromatic N) is 2. The van der Waals surface area contributed by atoms with Crippen LogP contribution in [0.2, 0.25) is 0 Å². The molecule has 11 heteroatoms. The third-order valence-electron chi connectivity index (χ3n) is 3.44. The van der Waals surface area contributed by atoms with E-state index in [1.54, 1.807) is 23.7 Å². The Kier molecular flexibility index (Phi) is 7.09. The smallest absolute Gasteiger partial charge is 0.461 e. The molecule has 0 fully saturated rings. The molecule has 1 aromatic carbocycles. The number of rotatable bonds is 9. The van der Waals surface area contributed by atoms with Crippen LogP contribution in [0, 0.1) is 0 Å². The maximum atomic E-state index is 12.6. The van der Waals surface area contributed by atoms with Crippen molar-refractivity contribution in [2.45, 2.75) is 19.4 Å². The van der Waals surface area contributed by atoms with E-state index in [2.05, 4.69) is 20.6 Å². The number of methoxy groups -OCH3 is 1. The highest BCUT2D eigenvalue weighted by Gasteiger charge is 2.29. The summed E-state index contributed by atoms with van der Waals surface area (Å²) in [6, 6.07) is 3.28. The fraction of sp³-hybridized carbons (Fsp3) is 0.400. The van der Waals surface area contributed by atoms with Crippen LogP contribution in [-0.4, -0.2) is 30.7 Å². The summed E-state index contributed by atoms with van der Waals surface area (Å²) in [5.74, 6) is 0.555. The van der Waals surface area contributed by atoms with E-state index in [4.69, 9.17) is 4.74 Å². The van der Waals surface area contributed by atoms with Gasteiger partial charge in [-0.3, -0.25) is 10.9 Å². The van der Waals surface area contributed by atoms with Crippen LogP contribution >= 0.6 is 23.3 Å². The Morgan fingerprint density at radius 2 is 1.92 bits per heavy atom. The lowest BCUT2D eigenvalue weighted by Crippen LogP contribution is -2.23. The first-order valence-corrected chi connectivity index (χ1v) is 9.46. The van der Waals surface area contributed by atoms with E-state index < -0.39 is 5.51 Å². The second kappa shape index (κ2) is 9.08. The zero-order valence-corrected chi connectivity index (χ0v) is 16.1. The van der Waals surface area contributed by atoms with Gasteiger partial charge in [0.05, 0.1) is 36.1 Å². The average Bonchev–Trinajstić information content (AvgIpc) is 3.12. The Balaban J connectivity index is 2.35.